The highest BCUT2D eigenvalue weighted by Gasteiger charge is 2.07. The fraction of sp³-hybridized carbons (Fsp3) is 0.111. The van der Waals surface area contributed by atoms with Crippen molar-refractivity contribution in [2.45, 2.75) is 16.2 Å². The molecule has 1 aromatic carbocycles. The van der Waals surface area contributed by atoms with E-state index in [2.05, 4.69) is 10.2 Å². The number of aromatic nitrogens is 2. The van der Waals surface area contributed by atoms with Crippen LogP contribution in [0.1, 0.15) is 5.01 Å². The van der Waals surface area contributed by atoms with Crippen molar-refractivity contribution < 1.29 is 0 Å². The Kier molecular flexibility index (Phi) is 3.14. The minimum absolute atomic E-state index is 0.571. The van der Waals surface area contributed by atoms with Crippen LogP contribution in [0.25, 0.3) is 0 Å². The van der Waals surface area contributed by atoms with Crippen LogP contribution < -0.4 is 5.73 Å². The van der Waals surface area contributed by atoms with Crippen molar-refractivity contribution in [2.24, 2.45) is 0 Å². The normalized spacial score (nSPS) is 10.5. The van der Waals surface area contributed by atoms with Gasteiger partial charge in [-0.2, -0.15) is 0 Å². The summed E-state index contributed by atoms with van der Waals surface area (Å²) in [5, 5.41) is 9.47. The number of anilines is 1. The number of nitrogen functional groups attached to an aromatic ring is 1. The van der Waals surface area contributed by atoms with Crippen molar-refractivity contribution >= 4 is 40.4 Å². The van der Waals surface area contributed by atoms with Gasteiger partial charge in [-0.15, -0.1) is 10.2 Å². The summed E-state index contributed by atoms with van der Waals surface area (Å²) in [5.41, 5.74) is 6.44. The average molecular weight is 258 g/mol. The number of rotatable bonds is 2. The zero-order valence-corrected chi connectivity index (χ0v) is 10.3. The van der Waals surface area contributed by atoms with Gasteiger partial charge >= 0.3 is 0 Å². The van der Waals surface area contributed by atoms with Crippen molar-refractivity contribution in [2.75, 3.05) is 5.73 Å². The highest BCUT2D eigenvalue weighted by Crippen LogP contribution is 2.36. The van der Waals surface area contributed by atoms with E-state index >= 15 is 0 Å². The molecule has 0 aliphatic carbocycles. The number of benzene rings is 1. The van der Waals surface area contributed by atoms with Crippen LogP contribution in [0.15, 0.2) is 27.4 Å². The van der Waals surface area contributed by atoms with E-state index in [-0.39, 0.29) is 0 Å². The molecule has 0 unspecified atom stereocenters. The lowest BCUT2D eigenvalue weighted by molar-refractivity contribution is 0.984. The molecule has 0 atom stereocenters. The molecule has 3 nitrogen and oxygen atoms in total. The fourth-order valence-corrected chi connectivity index (χ4v) is 3.10. The van der Waals surface area contributed by atoms with Gasteiger partial charge in [0, 0.05) is 4.90 Å². The van der Waals surface area contributed by atoms with Crippen molar-refractivity contribution in [3.05, 3.63) is 28.2 Å². The van der Waals surface area contributed by atoms with Gasteiger partial charge in [0.2, 0.25) is 0 Å². The van der Waals surface area contributed by atoms with Gasteiger partial charge in [-0.1, -0.05) is 40.8 Å². The van der Waals surface area contributed by atoms with Crippen LogP contribution in [0, 0.1) is 6.92 Å². The van der Waals surface area contributed by atoms with E-state index < -0.39 is 0 Å². The molecule has 0 bridgehead atoms. The van der Waals surface area contributed by atoms with Gasteiger partial charge in [-0.25, -0.2) is 0 Å². The van der Waals surface area contributed by atoms with Gasteiger partial charge in [0.05, 0.1) is 10.7 Å². The SMILES string of the molecule is Cc1nnc(Sc2cccc(Cl)c2N)s1. The van der Waals surface area contributed by atoms with Gasteiger partial charge in [0.25, 0.3) is 0 Å². The number of halogens is 1. The Bertz CT molecular complexity index is 484. The molecule has 0 fully saturated rings. The maximum atomic E-state index is 5.91. The third-order valence-electron chi connectivity index (χ3n) is 1.72. The maximum absolute atomic E-state index is 5.91. The van der Waals surface area contributed by atoms with E-state index in [9.17, 15) is 0 Å². The Morgan fingerprint density at radius 2 is 2.20 bits per heavy atom. The van der Waals surface area contributed by atoms with Crippen molar-refractivity contribution in [3.63, 3.8) is 0 Å². The van der Waals surface area contributed by atoms with Crippen molar-refractivity contribution in [3.8, 4) is 0 Å². The monoisotopic (exact) mass is 257 g/mol. The molecule has 15 heavy (non-hydrogen) atoms. The van der Waals surface area contributed by atoms with Crippen LogP contribution >= 0.6 is 34.7 Å². The molecular formula is C9H8ClN3S2. The van der Waals surface area contributed by atoms with Crippen LogP contribution in [-0.4, -0.2) is 10.2 Å². The lowest BCUT2D eigenvalue weighted by atomic mass is 10.3. The topological polar surface area (TPSA) is 51.8 Å². The molecule has 0 radical (unpaired) electrons. The predicted molar refractivity (Wildman–Crippen MR) is 64.6 cm³/mol. The molecule has 0 saturated carbocycles. The van der Waals surface area contributed by atoms with Crippen LogP contribution in [0.5, 0.6) is 0 Å². The minimum Gasteiger partial charge on any atom is -0.397 e. The first-order valence-corrected chi connectivity index (χ1v) is 6.20. The Morgan fingerprint density at radius 1 is 1.40 bits per heavy atom. The molecule has 1 aromatic heterocycles. The van der Waals surface area contributed by atoms with Crippen LogP contribution in [-0.2, 0) is 0 Å². The molecule has 2 N–H and O–H groups in total. The molecule has 0 aliphatic heterocycles. The molecule has 0 saturated heterocycles. The quantitative estimate of drug-likeness (QED) is 0.840. The second-order valence-electron chi connectivity index (χ2n) is 2.84. The van der Waals surface area contributed by atoms with Gasteiger partial charge in [0.1, 0.15) is 5.01 Å². The third-order valence-corrected chi connectivity index (χ3v) is 4.01. The molecule has 0 aliphatic rings. The fourth-order valence-electron chi connectivity index (χ4n) is 1.02. The van der Waals surface area contributed by atoms with E-state index in [0.29, 0.717) is 10.7 Å². The summed E-state index contributed by atoms with van der Waals surface area (Å²) in [7, 11) is 0. The summed E-state index contributed by atoms with van der Waals surface area (Å²) in [6.45, 7) is 1.92. The number of aryl methyl sites for hydroxylation is 1. The smallest absolute Gasteiger partial charge is 0.179 e. The zero-order chi connectivity index (χ0) is 10.8. The van der Waals surface area contributed by atoms with E-state index in [0.717, 1.165) is 14.2 Å². The number of hydrogen-bond donors (Lipinski definition) is 1. The number of nitrogens with zero attached hydrogens (tertiary/aromatic N) is 2. The van der Waals surface area contributed by atoms with Gasteiger partial charge in [0.15, 0.2) is 4.34 Å². The molecule has 1 heterocycles. The molecule has 2 rings (SSSR count). The standard InChI is InChI=1S/C9H8ClN3S2/c1-5-12-13-9(14-5)15-7-4-2-3-6(10)8(7)11/h2-4H,11H2,1H3. The molecule has 78 valence electrons. The predicted octanol–water partition coefficient (Wildman–Crippen LogP) is 3.23. The van der Waals surface area contributed by atoms with Gasteiger partial charge in [-0.05, 0) is 19.1 Å². The van der Waals surface area contributed by atoms with Gasteiger partial charge < -0.3 is 5.73 Å². The second-order valence-corrected chi connectivity index (χ2v) is 5.72. The van der Waals surface area contributed by atoms with Gasteiger partial charge in [-0.3, -0.25) is 0 Å². The highest BCUT2D eigenvalue weighted by molar-refractivity contribution is 8.01. The Labute approximate surface area is 101 Å². The first-order valence-electron chi connectivity index (χ1n) is 4.19. The summed E-state index contributed by atoms with van der Waals surface area (Å²) in [4.78, 5) is 0.915. The van der Waals surface area contributed by atoms with Crippen molar-refractivity contribution in [1.29, 1.82) is 0 Å². The number of para-hydroxylation sites is 1. The Morgan fingerprint density at radius 3 is 2.87 bits per heavy atom. The molecule has 0 spiro atoms. The lowest BCUT2D eigenvalue weighted by Gasteiger charge is -2.03. The number of nitrogens with two attached hydrogens (primary N) is 1. The third kappa shape index (κ3) is 2.42. The summed E-state index contributed by atoms with van der Waals surface area (Å²) in [6, 6.07) is 5.56. The summed E-state index contributed by atoms with van der Waals surface area (Å²) in [6.07, 6.45) is 0. The van der Waals surface area contributed by atoms with Crippen molar-refractivity contribution in [1.82, 2.24) is 10.2 Å². The summed E-state index contributed by atoms with van der Waals surface area (Å²) >= 11 is 8.94. The largest absolute Gasteiger partial charge is 0.397 e. The van der Waals surface area contributed by atoms with E-state index in [1.54, 1.807) is 6.07 Å². The molecular weight excluding hydrogens is 250 g/mol. The summed E-state index contributed by atoms with van der Waals surface area (Å²) in [5.74, 6) is 0. The Hall–Kier alpha value is -0.780. The minimum atomic E-state index is 0.571. The van der Waals surface area contributed by atoms with E-state index in [4.69, 9.17) is 17.3 Å². The molecule has 6 heteroatoms. The zero-order valence-electron chi connectivity index (χ0n) is 7.90. The lowest BCUT2D eigenvalue weighted by Crippen LogP contribution is -1.88. The molecule has 0 amide bonds. The van der Waals surface area contributed by atoms with Crippen LogP contribution in [0.3, 0.4) is 0 Å². The van der Waals surface area contributed by atoms with Crippen LogP contribution in [0.4, 0.5) is 5.69 Å². The summed E-state index contributed by atoms with van der Waals surface area (Å²) < 4.78 is 0.876. The maximum Gasteiger partial charge on any atom is 0.179 e. The van der Waals surface area contributed by atoms with E-state index in [1.807, 2.05) is 19.1 Å². The van der Waals surface area contributed by atoms with Crippen LogP contribution in [0.2, 0.25) is 5.02 Å². The number of hydrogen-bond acceptors (Lipinski definition) is 5. The highest BCUT2D eigenvalue weighted by atomic mass is 35.5. The van der Waals surface area contributed by atoms with E-state index in [1.165, 1.54) is 23.1 Å². The molecule has 2 aromatic rings. The second kappa shape index (κ2) is 4.38. The first kappa shape index (κ1) is 10.7. The first-order chi connectivity index (χ1) is 7.16. The Balaban J connectivity index is 2.28. The average Bonchev–Trinajstić information content (AvgIpc) is 2.59.